The van der Waals surface area contributed by atoms with Gasteiger partial charge in [0.15, 0.2) is 0 Å². The minimum absolute atomic E-state index is 0.383. The van der Waals surface area contributed by atoms with Crippen molar-refractivity contribution in [3.05, 3.63) is 0 Å². The molecule has 0 unspecified atom stereocenters. The first-order chi connectivity index (χ1) is 8.09. The molecule has 6 heteroatoms. The third-order valence-corrected chi connectivity index (χ3v) is 3.15. The molecule has 0 aromatic rings. The van der Waals surface area contributed by atoms with Crippen LogP contribution in [0.15, 0.2) is 0 Å². The van der Waals surface area contributed by atoms with E-state index in [-0.39, 0.29) is 6.04 Å². The number of halogens is 3. The Morgan fingerprint density at radius 1 is 1.22 bits per heavy atom. The summed E-state index contributed by atoms with van der Waals surface area (Å²) in [7, 11) is 1.57. The highest BCUT2D eigenvalue weighted by Gasteiger charge is 2.40. The Kier molecular flexibility index (Phi) is 6.13. The van der Waals surface area contributed by atoms with Gasteiger partial charge in [0.2, 0.25) is 5.91 Å². The van der Waals surface area contributed by atoms with Gasteiger partial charge in [-0.15, -0.1) is 0 Å². The van der Waals surface area contributed by atoms with Crippen LogP contribution in [0.3, 0.4) is 0 Å². The predicted octanol–water partition coefficient (Wildman–Crippen LogP) is 2.56. The van der Waals surface area contributed by atoms with Crippen molar-refractivity contribution in [1.82, 2.24) is 10.2 Å². The van der Waals surface area contributed by atoms with Crippen molar-refractivity contribution in [1.29, 1.82) is 0 Å². The molecule has 0 fully saturated rings. The Balaban J connectivity index is 5.15. The standard InChI is InChI=1S/C12H23F3N2O/c1-6-9(7-2)17(8-12(13,14)15)10(18)11(3,4)16-5/h9,16H,6-8H2,1-5H3. The van der Waals surface area contributed by atoms with Gasteiger partial charge < -0.3 is 10.2 Å². The molecule has 0 aliphatic rings. The highest BCUT2D eigenvalue weighted by molar-refractivity contribution is 5.85. The van der Waals surface area contributed by atoms with Crippen molar-refractivity contribution in [2.45, 2.75) is 58.3 Å². The SMILES string of the molecule is CCC(CC)N(CC(F)(F)F)C(=O)C(C)(C)NC. The molecule has 0 bridgehead atoms. The first-order valence-corrected chi connectivity index (χ1v) is 6.15. The van der Waals surface area contributed by atoms with E-state index in [1.165, 1.54) is 0 Å². The van der Waals surface area contributed by atoms with Gasteiger partial charge in [0.25, 0.3) is 0 Å². The minimum atomic E-state index is -4.37. The molecular weight excluding hydrogens is 245 g/mol. The molecule has 0 aliphatic carbocycles. The Labute approximate surface area is 107 Å². The van der Waals surface area contributed by atoms with Crippen molar-refractivity contribution in [3.8, 4) is 0 Å². The zero-order valence-electron chi connectivity index (χ0n) is 11.7. The van der Waals surface area contributed by atoms with Crippen LogP contribution >= 0.6 is 0 Å². The topological polar surface area (TPSA) is 32.3 Å². The second kappa shape index (κ2) is 6.41. The molecule has 0 spiro atoms. The number of carbonyl (C=O) groups is 1. The summed E-state index contributed by atoms with van der Waals surface area (Å²) in [5, 5.41) is 2.75. The maximum atomic E-state index is 12.6. The van der Waals surface area contributed by atoms with Gasteiger partial charge in [-0.3, -0.25) is 4.79 Å². The van der Waals surface area contributed by atoms with Crippen LogP contribution in [0.5, 0.6) is 0 Å². The fraction of sp³-hybridized carbons (Fsp3) is 0.917. The van der Waals surface area contributed by atoms with E-state index in [0.29, 0.717) is 12.8 Å². The first kappa shape index (κ1) is 17.2. The maximum Gasteiger partial charge on any atom is 0.406 e. The zero-order valence-corrected chi connectivity index (χ0v) is 11.7. The summed E-state index contributed by atoms with van der Waals surface area (Å²) in [6.45, 7) is 5.56. The molecule has 0 saturated heterocycles. The fourth-order valence-corrected chi connectivity index (χ4v) is 1.76. The molecule has 0 heterocycles. The second-order valence-electron chi connectivity index (χ2n) is 4.89. The molecular formula is C12H23F3N2O. The fourth-order valence-electron chi connectivity index (χ4n) is 1.76. The first-order valence-electron chi connectivity index (χ1n) is 6.15. The smallest absolute Gasteiger partial charge is 0.329 e. The number of alkyl halides is 3. The summed E-state index contributed by atoms with van der Waals surface area (Å²) in [5.41, 5.74) is -0.992. The molecule has 0 saturated carbocycles. The van der Waals surface area contributed by atoms with E-state index in [0.717, 1.165) is 4.90 Å². The van der Waals surface area contributed by atoms with E-state index in [1.807, 2.05) is 0 Å². The highest BCUT2D eigenvalue weighted by Crippen LogP contribution is 2.23. The number of nitrogens with zero attached hydrogens (tertiary/aromatic N) is 1. The molecule has 0 aromatic heterocycles. The van der Waals surface area contributed by atoms with Gasteiger partial charge in [-0.05, 0) is 33.7 Å². The minimum Gasteiger partial charge on any atom is -0.329 e. The molecule has 3 nitrogen and oxygen atoms in total. The summed E-state index contributed by atoms with van der Waals surface area (Å²) in [6, 6.07) is -0.383. The normalized spacial score (nSPS) is 12.9. The lowest BCUT2D eigenvalue weighted by Gasteiger charge is -2.37. The third kappa shape index (κ3) is 4.84. The van der Waals surface area contributed by atoms with E-state index in [2.05, 4.69) is 5.32 Å². The van der Waals surface area contributed by atoms with Crippen LogP contribution in [0.2, 0.25) is 0 Å². The number of amides is 1. The van der Waals surface area contributed by atoms with Gasteiger partial charge >= 0.3 is 6.18 Å². The van der Waals surface area contributed by atoms with E-state index in [4.69, 9.17) is 0 Å². The van der Waals surface area contributed by atoms with E-state index < -0.39 is 24.2 Å². The van der Waals surface area contributed by atoms with Crippen molar-refractivity contribution < 1.29 is 18.0 Å². The summed E-state index contributed by atoms with van der Waals surface area (Å²) >= 11 is 0. The molecule has 1 N–H and O–H groups in total. The van der Waals surface area contributed by atoms with Crippen LogP contribution in [-0.4, -0.2) is 42.2 Å². The van der Waals surface area contributed by atoms with E-state index >= 15 is 0 Å². The molecule has 18 heavy (non-hydrogen) atoms. The average Bonchev–Trinajstić information content (AvgIpc) is 2.26. The van der Waals surface area contributed by atoms with Crippen LogP contribution in [0.4, 0.5) is 13.2 Å². The maximum absolute atomic E-state index is 12.6. The van der Waals surface area contributed by atoms with Gasteiger partial charge in [0.1, 0.15) is 6.54 Å². The van der Waals surface area contributed by atoms with Gasteiger partial charge in [-0.2, -0.15) is 13.2 Å². The third-order valence-electron chi connectivity index (χ3n) is 3.15. The summed E-state index contributed by atoms with van der Waals surface area (Å²) in [4.78, 5) is 13.1. The van der Waals surface area contributed by atoms with Crippen molar-refractivity contribution >= 4 is 5.91 Å². The lowest BCUT2D eigenvalue weighted by Crippen LogP contribution is -2.57. The molecule has 0 aromatic carbocycles. The number of likely N-dealkylation sites (N-methyl/N-ethyl adjacent to an activating group) is 1. The van der Waals surface area contributed by atoms with E-state index in [1.54, 1.807) is 34.7 Å². The van der Waals surface area contributed by atoms with Crippen LogP contribution in [-0.2, 0) is 4.79 Å². The van der Waals surface area contributed by atoms with Crippen LogP contribution in [0.1, 0.15) is 40.5 Å². The van der Waals surface area contributed by atoms with Crippen LogP contribution in [0.25, 0.3) is 0 Å². The largest absolute Gasteiger partial charge is 0.406 e. The lowest BCUT2D eigenvalue weighted by atomic mass is 10.0. The molecule has 1 amide bonds. The highest BCUT2D eigenvalue weighted by atomic mass is 19.4. The molecule has 0 radical (unpaired) electrons. The van der Waals surface area contributed by atoms with Crippen LogP contribution in [0, 0.1) is 0 Å². The second-order valence-corrected chi connectivity index (χ2v) is 4.89. The summed E-state index contributed by atoms with van der Waals surface area (Å²) in [5.74, 6) is -0.518. The van der Waals surface area contributed by atoms with Gasteiger partial charge in [-0.1, -0.05) is 13.8 Å². The monoisotopic (exact) mass is 268 g/mol. The van der Waals surface area contributed by atoms with Crippen molar-refractivity contribution in [2.24, 2.45) is 0 Å². The summed E-state index contributed by atoms with van der Waals surface area (Å²) < 4.78 is 37.7. The van der Waals surface area contributed by atoms with E-state index in [9.17, 15) is 18.0 Å². The molecule has 0 aliphatic heterocycles. The lowest BCUT2D eigenvalue weighted by molar-refractivity contribution is -0.169. The predicted molar refractivity (Wildman–Crippen MR) is 65.3 cm³/mol. The molecule has 108 valence electrons. The number of nitrogens with one attached hydrogen (secondary N) is 1. The van der Waals surface area contributed by atoms with Crippen molar-refractivity contribution in [3.63, 3.8) is 0 Å². The van der Waals surface area contributed by atoms with Crippen LogP contribution < -0.4 is 5.32 Å². The Hall–Kier alpha value is -0.780. The summed E-state index contributed by atoms with van der Waals surface area (Å²) in [6.07, 6.45) is -3.35. The van der Waals surface area contributed by atoms with Crippen molar-refractivity contribution in [2.75, 3.05) is 13.6 Å². The Bertz CT molecular complexity index is 273. The average molecular weight is 268 g/mol. The van der Waals surface area contributed by atoms with Gasteiger partial charge in [0.05, 0.1) is 5.54 Å². The number of hydrogen-bond donors (Lipinski definition) is 1. The Morgan fingerprint density at radius 2 is 1.67 bits per heavy atom. The zero-order chi connectivity index (χ0) is 14.6. The quantitative estimate of drug-likeness (QED) is 0.803. The van der Waals surface area contributed by atoms with Gasteiger partial charge in [0, 0.05) is 6.04 Å². The Morgan fingerprint density at radius 3 is 1.94 bits per heavy atom. The van der Waals surface area contributed by atoms with Gasteiger partial charge in [-0.25, -0.2) is 0 Å². The molecule has 0 rings (SSSR count). The molecule has 0 atom stereocenters. The number of hydrogen-bond acceptors (Lipinski definition) is 2. The number of rotatable bonds is 6. The number of carbonyl (C=O) groups excluding carboxylic acids is 1.